The van der Waals surface area contributed by atoms with Crippen LogP contribution in [0.1, 0.15) is 24.3 Å². The Morgan fingerprint density at radius 1 is 1.16 bits per heavy atom. The van der Waals surface area contributed by atoms with Crippen LogP contribution in [0.5, 0.6) is 0 Å². The van der Waals surface area contributed by atoms with E-state index in [2.05, 4.69) is 15.5 Å². The number of carbonyl (C=O) groups is 2. The molecule has 130 valence electrons. The first-order valence-corrected chi connectivity index (χ1v) is 8.30. The Hall–Kier alpha value is -2.90. The third-order valence-electron chi connectivity index (χ3n) is 4.96. The molecule has 2 aliphatic heterocycles. The van der Waals surface area contributed by atoms with E-state index in [-0.39, 0.29) is 11.9 Å². The molecule has 0 aliphatic carbocycles. The van der Waals surface area contributed by atoms with E-state index in [9.17, 15) is 9.59 Å². The van der Waals surface area contributed by atoms with Gasteiger partial charge in [-0.25, -0.2) is 4.79 Å². The molecular formula is C17H19N5O3. The zero-order valence-electron chi connectivity index (χ0n) is 13.9. The Labute approximate surface area is 144 Å². The predicted octanol–water partition coefficient (Wildman–Crippen LogP) is 1.47. The average molecular weight is 341 g/mol. The number of benzene rings is 1. The van der Waals surface area contributed by atoms with E-state index in [1.165, 1.54) is 0 Å². The number of hydrogen-bond acceptors (Lipinski definition) is 6. The van der Waals surface area contributed by atoms with Gasteiger partial charge in [-0.2, -0.15) is 0 Å². The van der Waals surface area contributed by atoms with Crippen molar-refractivity contribution in [2.45, 2.75) is 31.8 Å². The predicted molar refractivity (Wildman–Crippen MR) is 88.7 cm³/mol. The fraction of sp³-hybridized carbons (Fsp3) is 0.412. The summed E-state index contributed by atoms with van der Waals surface area (Å²) >= 11 is 0. The van der Waals surface area contributed by atoms with Crippen molar-refractivity contribution in [1.29, 1.82) is 0 Å². The van der Waals surface area contributed by atoms with Crippen molar-refractivity contribution >= 4 is 18.0 Å². The molecule has 4 rings (SSSR count). The van der Waals surface area contributed by atoms with Crippen LogP contribution in [0.15, 0.2) is 34.7 Å². The number of anilines is 1. The lowest BCUT2D eigenvalue weighted by molar-refractivity contribution is -0.127. The number of rotatable bonds is 3. The van der Waals surface area contributed by atoms with Gasteiger partial charge in [0, 0.05) is 26.6 Å². The first-order chi connectivity index (χ1) is 12.1. The van der Waals surface area contributed by atoms with Crippen LogP contribution in [0.2, 0.25) is 0 Å². The van der Waals surface area contributed by atoms with Gasteiger partial charge < -0.3 is 14.2 Å². The van der Waals surface area contributed by atoms with Crippen LogP contribution >= 0.6 is 0 Å². The Bertz CT molecular complexity index is 796. The first-order valence-electron chi connectivity index (χ1n) is 8.30. The highest BCUT2D eigenvalue weighted by Crippen LogP contribution is 2.35. The number of carbonyl (C=O) groups excluding carboxylic acids is 2. The van der Waals surface area contributed by atoms with Crippen molar-refractivity contribution in [3.8, 4) is 0 Å². The zero-order valence-corrected chi connectivity index (χ0v) is 13.9. The highest BCUT2D eigenvalue weighted by Gasteiger charge is 2.54. The summed E-state index contributed by atoms with van der Waals surface area (Å²) in [4.78, 5) is 28.6. The number of imide groups is 1. The molecule has 1 aromatic carbocycles. The maximum absolute atomic E-state index is 12.6. The van der Waals surface area contributed by atoms with Crippen LogP contribution in [0.25, 0.3) is 0 Å². The highest BCUT2D eigenvalue weighted by molar-refractivity contribution is 6.07. The SMILES string of the molecule is Cc1nnc(N2CCC3(CC2)C(=O)NC(=O)N3Cc2ccccc2)o1. The highest BCUT2D eigenvalue weighted by atomic mass is 16.4. The molecule has 0 atom stereocenters. The summed E-state index contributed by atoms with van der Waals surface area (Å²) < 4.78 is 5.47. The third kappa shape index (κ3) is 2.63. The standard InChI is InChI=1S/C17H19N5O3/c1-12-19-20-16(25-12)21-9-7-17(8-10-21)14(23)18-15(24)22(17)11-13-5-3-2-4-6-13/h2-6H,7-11H2,1H3,(H,18,23,24). The van der Waals surface area contributed by atoms with Gasteiger partial charge in [-0.05, 0) is 18.4 Å². The van der Waals surface area contributed by atoms with Crippen LogP contribution in [-0.4, -0.2) is 45.7 Å². The van der Waals surface area contributed by atoms with Crippen molar-refractivity contribution in [3.63, 3.8) is 0 Å². The maximum atomic E-state index is 12.6. The molecule has 8 nitrogen and oxygen atoms in total. The Morgan fingerprint density at radius 2 is 1.88 bits per heavy atom. The molecular weight excluding hydrogens is 322 g/mol. The largest absolute Gasteiger partial charge is 0.408 e. The first kappa shape index (κ1) is 15.6. The molecule has 2 aromatic rings. The van der Waals surface area contributed by atoms with Crippen LogP contribution in [0, 0.1) is 6.92 Å². The smallest absolute Gasteiger partial charge is 0.325 e. The summed E-state index contributed by atoms with van der Waals surface area (Å²) in [6, 6.07) is 9.85. The number of nitrogens with zero attached hydrogens (tertiary/aromatic N) is 4. The molecule has 0 unspecified atom stereocenters. The lowest BCUT2D eigenvalue weighted by Crippen LogP contribution is -2.56. The topological polar surface area (TPSA) is 91.6 Å². The van der Waals surface area contributed by atoms with Gasteiger partial charge in [0.05, 0.1) is 0 Å². The molecule has 3 heterocycles. The monoisotopic (exact) mass is 341 g/mol. The molecule has 2 fully saturated rings. The second kappa shape index (κ2) is 5.87. The van der Waals surface area contributed by atoms with Gasteiger partial charge in [0.1, 0.15) is 5.54 Å². The average Bonchev–Trinajstić information content (AvgIpc) is 3.14. The number of hydrogen-bond donors (Lipinski definition) is 1. The molecule has 0 radical (unpaired) electrons. The number of aromatic nitrogens is 2. The Morgan fingerprint density at radius 3 is 2.52 bits per heavy atom. The van der Waals surface area contributed by atoms with Crippen LogP contribution in [0.3, 0.4) is 0 Å². The molecule has 2 aliphatic rings. The molecule has 3 amide bonds. The van der Waals surface area contributed by atoms with E-state index in [1.54, 1.807) is 11.8 Å². The molecule has 0 bridgehead atoms. The second-order valence-electron chi connectivity index (χ2n) is 6.45. The van der Waals surface area contributed by atoms with Crippen LogP contribution in [-0.2, 0) is 11.3 Å². The van der Waals surface area contributed by atoms with E-state index < -0.39 is 5.54 Å². The number of aryl methyl sites for hydroxylation is 1. The van der Waals surface area contributed by atoms with Gasteiger partial charge >= 0.3 is 12.0 Å². The lowest BCUT2D eigenvalue weighted by atomic mass is 9.86. The van der Waals surface area contributed by atoms with E-state index in [0.717, 1.165) is 5.56 Å². The van der Waals surface area contributed by atoms with Crippen LogP contribution < -0.4 is 10.2 Å². The van der Waals surface area contributed by atoms with E-state index in [4.69, 9.17) is 4.42 Å². The number of amides is 3. The molecule has 1 N–H and O–H groups in total. The van der Waals surface area contributed by atoms with Gasteiger partial charge in [0.25, 0.3) is 5.91 Å². The van der Waals surface area contributed by atoms with E-state index >= 15 is 0 Å². The molecule has 2 saturated heterocycles. The van der Waals surface area contributed by atoms with Crippen molar-refractivity contribution in [2.75, 3.05) is 18.0 Å². The summed E-state index contributed by atoms with van der Waals surface area (Å²) in [5.41, 5.74) is 0.195. The molecule has 0 saturated carbocycles. The lowest BCUT2D eigenvalue weighted by Gasteiger charge is -2.41. The van der Waals surface area contributed by atoms with E-state index in [1.807, 2.05) is 35.2 Å². The summed E-state index contributed by atoms with van der Waals surface area (Å²) in [5.74, 6) is 0.296. The van der Waals surface area contributed by atoms with Gasteiger partial charge in [-0.1, -0.05) is 35.4 Å². The molecule has 1 aromatic heterocycles. The van der Waals surface area contributed by atoms with E-state index in [0.29, 0.717) is 44.4 Å². The van der Waals surface area contributed by atoms with Crippen molar-refractivity contribution in [2.24, 2.45) is 0 Å². The Balaban J connectivity index is 1.54. The summed E-state index contributed by atoms with van der Waals surface area (Å²) in [6.45, 7) is 3.31. The summed E-state index contributed by atoms with van der Waals surface area (Å²) in [7, 11) is 0. The summed E-state index contributed by atoms with van der Waals surface area (Å²) in [5, 5.41) is 10.4. The molecule has 25 heavy (non-hydrogen) atoms. The van der Waals surface area contributed by atoms with Crippen molar-refractivity contribution in [1.82, 2.24) is 20.4 Å². The summed E-state index contributed by atoms with van der Waals surface area (Å²) in [6.07, 6.45) is 1.05. The van der Waals surface area contributed by atoms with Gasteiger partial charge in [0.15, 0.2) is 0 Å². The molecule has 8 heteroatoms. The number of nitrogens with one attached hydrogen (secondary N) is 1. The maximum Gasteiger partial charge on any atom is 0.325 e. The fourth-order valence-corrected chi connectivity index (χ4v) is 3.57. The normalized spacial score (nSPS) is 19.6. The number of urea groups is 1. The third-order valence-corrected chi connectivity index (χ3v) is 4.96. The van der Waals surface area contributed by atoms with Gasteiger partial charge in [0.2, 0.25) is 5.89 Å². The van der Waals surface area contributed by atoms with Crippen LogP contribution in [0.4, 0.5) is 10.8 Å². The molecule has 1 spiro atoms. The minimum atomic E-state index is -0.807. The van der Waals surface area contributed by atoms with Gasteiger partial charge in [-0.15, -0.1) is 5.10 Å². The van der Waals surface area contributed by atoms with Crippen molar-refractivity contribution in [3.05, 3.63) is 41.8 Å². The number of piperidine rings is 1. The van der Waals surface area contributed by atoms with Gasteiger partial charge in [-0.3, -0.25) is 10.1 Å². The minimum absolute atomic E-state index is 0.213. The minimum Gasteiger partial charge on any atom is -0.408 e. The fourth-order valence-electron chi connectivity index (χ4n) is 3.57. The quantitative estimate of drug-likeness (QED) is 0.850. The Kier molecular flexibility index (Phi) is 3.67. The van der Waals surface area contributed by atoms with Crippen molar-refractivity contribution < 1.29 is 14.0 Å². The second-order valence-corrected chi connectivity index (χ2v) is 6.45. The zero-order chi connectivity index (χ0) is 17.4.